The van der Waals surface area contributed by atoms with Gasteiger partial charge in [-0.2, -0.15) is 4.57 Å². The predicted molar refractivity (Wildman–Crippen MR) is 150 cm³/mol. The van der Waals surface area contributed by atoms with Gasteiger partial charge in [-0.05, 0) is 36.6 Å². The van der Waals surface area contributed by atoms with Crippen molar-refractivity contribution < 1.29 is 4.57 Å². The second-order valence-corrected chi connectivity index (χ2v) is 12.2. The summed E-state index contributed by atoms with van der Waals surface area (Å²) in [6.45, 7) is 7.76. The highest BCUT2D eigenvalue weighted by atomic mass is 35.5. The van der Waals surface area contributed by atoms with Crippen molar-refractivity contribution in [1.29, 1.82) is 0 Å². The Morgan fingerprint density at radius 1 is 1.17 bits per heavy atom. The molecular formula is C27H27ClN3OS3+. The highest BCUT2D eigenvalue weighted by Gasteiger charge is 2.25. The minimum atomic E-state index is 0.0733. The zero-order valence-corrected chi connectivity index (χ0v) is 23.3. The van der Waals surface area contributed by atoms with Gasteiger partial charge in [0.25, 0.3) is 10.6 Å². The lowest BCUT2D eigenvalue weighted by molar-refractivity contribution is -0.685. The molecule has 0 bridgehead atoms. The van der Waals surface area contributed by atoms with Crippen LogP contribution in [0.2, 0.25) is 5.02 Å². The number of aromatic nitrogens is 2. The van der Waals surface area contributed by atoms with Crippen LogP contribution >= 0.6 is 46.0 Å². The molecule has 0 saturated heterocycles. The summed E-state index contributed by atoms with van der Waals surface area (Å²) in [5, 5.41) is 4.93. The van der Waals surface area contributed by atoms with E-state index < -0.39 is 0 Å². The third-order valence-electron chi connectivity index (χ3n) is 6.20. The number of rotatable bonds is 5. The van der Waals surface area contributed by atoms with E-state index in [1.807, 2.05) is 35.8 Å². The van der Waals surface area contributed by atoms with Crippen LogP contribution in [0.4, 0.5) is 5.69 Å². The Labute approximate surface area is 222 Å². The zero-order chi connectivity index (χ0) is 24.7. The molecule has 4 nitrogen and oxygen atoms in total. The third kappa shape index (κ3) is 4.62. The van der Waals surface area contributed by atoms with Gasteiger partial charge in [-0.3, -0.25) is 9.36 Å². The summed E-state index contributed by atoms with van der Waals surface area (Å²) in [6, 6.07) is 14.5. The van der Waals surface area contributed by atoms with E-state index in [9.17, 15) is 4.79 Å². The number of thiazole rings is 2. The monoisotopic (exact) mass is 540 g/mol. The second-order valence-electron chi connectivity index (χ2n) is 8.77. The summed E-state index contributed by atoms with van der Waals surface area (Å²) >= 11 is 11.3. The minimum absolute atomic E-state index is 0.0733. The zero-order valence-electron chi connectivity index (χ0n) is 20.1. The van der Waals surface area contributed by atoms with Crippen molar-refractivity contribution in [2.45, 2.75) is 44.7 Å². The van der Waals surface area contributed by atoms with E-state index in [1.165, 1.54) is 10.5 Å². The number of thioether (sulfide) groups is 1. The van der Waals surface area contributed by atoms with Crippen LogP contribution in [0, 0.1) is 0 Å². The summed E-state index contributed by atoms with van der Waals surface area (Å²) in [5.41, 5.74) is 3.62. The molecule has 1 aliphatic heterocycles. The third-order valence-corrected chi connectivity index (χ3v) is 9.89. The van der Waals surface area contributed by atoms with Crippen LogP contribution in [0.1, 0.15) is 42.8 Å². The molecule has 1 aliphatic rings. The molecule has 35 heavy (non-hydrogen) atoms. The van der Waals surface area contributed by atoms with Crippen LogP contribution in [0.15, 0.2) is 63.7 Å². The molecule has 0 N–H and O–H groups in total. The number of hydrogen-bond acceptors (Lipinski definition) is 5. The Morgan fingerprint density at radius 3 is 2.71 bits per heavy atom. The number of fused-ring (bicyclic) bond motifs is 1. The molecule has 0 unspecified atom stereocenters. The Bertz CT molecular complexity index is 1580. The molecule has 0 fully saturated rings. The predicted octanol–water partition coefficient (Wildman–Crippen LogP) is 5.24. The van der Waals surface area contributed by atoms with E-state index in [1.54, 1.807) is 34.4 Å². The Hall–Kier alpha value is -2.32. The van der Waals surface area contributed by atoms with Crippen molar-refractivity contribution in [3.63, 3.8) is 0 Å². The molecule has 0 amide bonds. The number of anilines is 1. The molecule has 2 aromatic carbocycles. The normalized spacial score (nSPS) is 15.4. The maximum absolute atomic E-state index is 13.5. The molecule has 5 rings (SSSR count). The second kappa shape index (κ2) is 9.97. The number of hydrogen-bond donors (Lipinski definition) is 0. The average Bonchev–Trinajstić information content (AvgIpc) is 3.51. The summed E-state index contributed by atoms with van der Waals surface area (Å²) in [5.74, 6) is 0.471. The van der Waals surface area contributed by atoms with Gasteiger partial charge in [-0.25, -0.2) is 0 Å². The van der Waals surface area contributed by atoms with Gasteiger partial charge in [0.15, 0.2) is 12.7 Å². The van der Waals surface area contributed by atoms with Gasteiger partial charge in [-0.15, -0.1) is 11.3 Å². The van der Waals surface area contributed by atoms with Crippen molar-refractivity contribution in [1.82, 2.24) is 4.57 Å². The van der Waals surface area contributed by atoms with Crippen LogP contribution in [-0.2, 0) is 13.1 Å². The molecule has 0 aliphatic carbocycles. The maximum atomic E-state index is 13.5. The lowest BCUT2D eigenvalue weighted by Crippen LogP contribution is -2.36. The average molecular weight is 541 g/mol. The van der Waals surface area contributed by atoms with Crippen molar-refractivity contribution in [2.75, 3.05) is 11.9 Å². The molecular weight excluding hydrogens is 514 g/mol. The van der Waals surface area contributed by atoms with E-state index in [4.69, 9.17) is 11.6 Å². The minimum Gasteiger partial charge on any atom is -0.337 e. The van der Waals surface area contributed by atoms with Gasteiger partial charge in [-0.1, -0.05) is 72.8 Å². The van der Waals surface area contributed by atoms with Gasteiger partial charge in [0.2, 0.25) is 0 Å². The van der Waals surface area contributed by atoms with Crippen LogP contribution in [0.3, 0.4) is 0 Å². The smallest absolute Gasteiger partial charge is 0.271 e. The SMILES string of the molecule is CCn1c(=O)/c(=C2\Sc3cc(C(C)C)ccc3N2C)s/c1=C\c1scc[n+]1Cc1ccccc1Cl. The fourth-order valence-electron chi connectivity index (χ4n) is 4.18. The van der Waals surface area contributed by atoms with E-state index in [-0.39, 0.29) is 5.56 Å². The molecule has 0 radical (unpaired) electrons. The first kappa shape index (κ1) is 24.4. The standard InChI is InChI=1S/C27H27ClN3OS3/c1-5-31-24(15-23-30(12-13-33-23)16-19-8-6-7-9-20(19)28)35-25(26(31)32)27-29(4)21-11-10-18(17(2)3)14-22(21)34-27/h6-15,17H,5,16H2,1-4H3/q+1/b27-25+. The number of halogens is 1. The lowest BCUT2D eigenvalue weighted by Gasteiger charge is -2.13. The topological polar surface area (TPSA) is 29.1 Å². The van der Waals surface area contributed by atoms with Crippen LogP contribution in [0.25, 0.3) is 11.1 Å². The van der Waals surface area contributed by atoms with Crippen molar-refractivity contribution in [3.05, 3.63) is 94.7 Å². The van der Waals surface area contributed by atoms with Gasteiger partial charge in [0.1, 0.15) is 14.2 Å². The van der Waals surface area contributed by atoms with Gasteiger partial charge in [0.05, 0.1) is 22.2 Å². The van der Waals surface area contributed by atoms with E-state index in [2.05, 4.69) is 66.2 Å². The summed E-state index contributed by atoms with van der Waals surface area (Å²) < 4.78 is 5.82. The van der Waals surface area contributed by atoms with E-state index in [0.717, 1.165) is 35.5 Å². The molecule has 0 atom stereocenters. The van der Waals surface area contributed by atoms with Gasteiger partial charge >= 0.3 is 0 Å². The first-order valence-corrected chi connectivity index (χ1v) is 14.5. The highest BCUT2D eigenvalue weighted by Crippen LogP contribution is 2.46. The van der Waals surface area contributed by atoms with E-state index in [0.29, 0.717) is 19.0 Å². The van der Waals surface area contributed by atoms with E-state index >= 15 is 0 Å². The molecule has 4 aromatic rings. The number of nitrogens with zero attached hydrogens (tertiary/aromatic N) is 3. The molecule has 0 saturated carbocycles. The quantitative estimate of drug-likeness (QED) is 0.324. The van der Waals surface area contributed by atoms with Crippen molar-refractivity contribution in [3.8, 4) is 0 Å². The molecule has 8 heteroatoms. The Kier molecular flexibility index (Phi) is 6.95. The van der Waals surface area contributed by atoms with Gasteiger partial charge < -0.3 is 4.90 Å². The fourth-order valence-corrected chi connectivity index (χ4v) is 7.73. The fraction of sp³-hybridized carbons (Fsp3) is 0.259. The van der Waals surface area contributed by atoms with Gasteiger partial charge in [0, 0.05) is 24.1 Å². The largest absolute Gasteiger partial charge is 0.337 e. The maximum Gasteiger partial charge on any atom is 0.271 e. The Balaban J connectivity index is 1.59. The summed E-state index contributed by atoms with van der Waals surface area (Å²) in [7, 11) is 2.05. The first-order valence-electron chi connectivity index (χ1n) is 11.6. The van der Waals surface area contributed by atoms with Crippen molar-refractivity contribution >= 4 is 62.8 Å². The molecule has 0 spiro atoms. The highest BCUT2D eigenvalue weighted by molar-refractivity contribution is 8.08. The lowest BCUT2D eigenvalue weighted by atomic mass is 10.0. The molecule has 180 valence electrons. The van der Waals surface area contributed by atoms with Crippen LogP contribution in [-0.4, -0.2) is 11.6 Å². The summed E-state index contributed by atoms with van der Waals surface area (Å²) in [4.78, 5) is 16.9. The number of benzene rings is 2. The van der Waals surface area contributed by atoms with Crippen molar-refractivity contribution in [2.24, 2.45) is 0 Å². The first-order chi connectivity index (χ1) is 16.9. The molecule has 3 heterocycles. The van der Waals surface area contributed by atoms with Crippen LogP contribution < -0.4 is 24.2 Å². The Morgan fingerprint density at radius 2 is 1.97 bits per heavy atom. The summed E-state index contributed by atoms with van der Waals surface area (Å²) in [6.07, 6.45) is 4.20. The molecule has 2 aromatic heterocycles. The van der Waals surface area contributed by atoms with Crippen LogP contribution in [0.5, 0.6) is 0 Å².